The first kappa shape index (κ1) is 10.7. The van der Waals surface area contributed by atoms with Gasteiger partial charge in [-0.15, -0.1) is 0 Å². The van der Waals surface area contributed by atoms with Gasteiger partial charge in [0, 0.05) is 27.8 Å². The molecule has 1 heterocycles. The highest BCUT2D eigenvalue weighted by Gasteiger charge is 2.09. The van der Waals surface area contributed by atoms with Gasteiger partial charge in [-0.3, -0.25) is 0 Å². The molecule has 80 valence electrons. The van der Waals surface area contributed by atoms with Crippen LogP contribution in [-0.2, 0) is 15.6 Å². The van der Waals surface area contributed by atoms with E-state index in [4.69, 9.17) is 0 Å². The van der Waals surface area contributed by atoms with E-state index in [-0.39, 0.29) is 5.75 Å². The number of fused-ring (bicyclic) bond motifs is 1. The molecule has 1 aromatic carbocycles. The van der Waals surface area contributed by atoms with Crippen LogP contribution in [0, 0.1) is 0 Å². The van der Waals surface area contributed by atoms with Crippen LogP contribution in [0.2, 0.25) is 0 Å². The molecule has 1 N–H and O–H groups in total. The maximum atomic E-state index is 11.2. The molecule has 0 bridgehead atoms. The fraction of sp³-hybridized carbons (Fsp3) is 0.200. The molecule has 2 rings (SSSR count). The number of hydrogen-bond donors (Lipinski definition) is 1. The summed E-state index contributed by atoms with van der Waals surface area (Å²) in [6.45, 7) is 0. The van der Waals surface area contributed by atoms with E-state index in [9.17, 15) is 8.42 Å². The van der Waals surface area contributed by atoms with Gasteiger partial charge < -0.3 is 4.98 Å². The summed E-state index contributed by atoms with van der Waals surface area (Å²) in [5.74, 6) is 0.0729. The number of rotatable bonds is 2. The van der Waals surface area contributed by atoms with Crippen LogP contribution in [0.5, 0.6) is 0 Å². The van der Waals surface area contributed by atoms with Gasteiger partial charge in [-0.1, -0.05) is 15.9 Å². The molecule has 0 fully saturated rings. The van der Waals surface area contributed by atoms with Crippen LogP contribution >= 0.6 is 15.9 Å². The predicted octanol–water partition coefficient (Wildman–Crippen LogP) is 2.48. The zero-order chi connectivity index (χ0) is 11.1. The van der Waals surface area contributed by atoms with Crippen molar-refractivity contribution in [3.63, 3.8) is 0 Å². The van der Waals surface area contributed by atoms with E-state index in [0.717, 1.165) is 20.9 Å². The zero-order valence-electron chi connectivity index (χ0n) is 8.12. The van der Waals surface area contributed by atoms with Crippen molar-refractivity contribution in [2.45, 2.75) is 5.75 Å². The number of aromatic nitrogens is 1. The van der Waals surface area contributed by atoms with Gasteiger partial charge in [-0.05, 0) is 23.8 Å². The number of nitrogens with one attached hydrogen (secondary N) is 1. The average Bonchev–Trinajstić information content (AvgIpc) is 2.46. The largest absolute Gasteiger partial charge is 0.361 e. The lowest BCUT2D eigenvalue weighted by Gasteiger charge is -1.97. The van der Waals surface area contributed by atoms with Crippen molar-refractivity contribution in [3.05, 3.63) is 34.4 Å². The summed E-state index contributed by atoms with van der Waals surface area (Å²) in [4.78, 5) is 3.05. The van der Waals surface area contributed by atoms with Gasteiger partial charge in [0.15, 0.2) is 9.84 Å². The Kier molecular flexibility index (Phi) is 2.60. The van der Waals surface area contributed by atoms with Crippen molar-refractivity contribution in [2.24, 2.45) is 0 Å². The fourth-order valence-electron chi connectivity index (χ4n) is 1.55. The summed E-state index contributed by atoms with van der Waals surface area (Å²) in [5, 5.41) is 0.954. The summed E-state index contributed by atoms with van der Waals surface area (Å²) < 4.78 is 23.4. The van der Waals surface area contributed by atoms with E-state index in [2.05, 4.69) is 20.9 Å². The van der Waals surface area contributed by atoms with E-state index >= 15 is 0 Å². The normalized spacial score (nSPS) is 12.1. The number of aromatic amines is 1. The molecule has 0 amide bonds. The molecule has 0 aliphatic heterocycles. The van der Waals surface area contributed by atoms with Crippen LogP contribution in [0.1, 0.15) is 5.56 Å². The van der Waals surface area contributed by atoms with E-state index < -0.39 is 9.84 Å². The molecule has 3 nitrogen and oxygen atoms in total. The molecule has 0 aliphatic rings. The smallest absolute Gasteiger partial charge is 0.151 e. The summed E-state index contributed by atoms with van der Waals surface area (Å²) in [5.41, 5.74) is 1.77. The second kappa shape index (κ2) is 3.64. The topological polar surface area (TPSA) is 49.9 Å². The Bertz CT molecular complexity index is 601. The maximum absolute atomic E-state index is 11.2. The van der Waals surface area contributed by atoms with Crippen LogP contribution in [0.25, 0.3) is 10.9 Å². The molecule has 5 heteroatoms. The number of H-pyrrole nitrogens is 1. The highest BCUT2D eigenvalue weighted by molar-refractivity contribution is 9.10. The van der Waals surface area contributed by atoms with E-state index in [0.29, 0.717) is 0 Å². The Balaban J connectivity index is 2.57. The molecule has 15 heavy (non-hydrogen) atoms. The second-order valence-corrected chi connectivity index (χ2v) is 6.63. The minimum Gasteiger partial charge on any atom is -0.361 e. The van der Waals surface area contributed by atoms with Gasteiger partial charge >= 0.3 is 0 Å². The van der Waals surface area contributed by atoms with Crippen molar-refractivity contribution < 1.29 is 8.42 Å². The molecule has 0 unspecified atom stereocenters. The lowest BCUT2D eigenvalue weighted by atomic mass is 10.2. The Morgan fingerprint density at radius 1 is 1.40 bits per heavy atom. The second-order valence-electron chi connectivity index (χ2n) is 3.57. The predicted molar refractivity (Wildman–Crippen MR) is 64.5 cm³/mol. The van der Waals surface area contributed by atoms with Gasteiger partial charge in [0.05, 0.1) is 5.75 Å². The summed E-state index contributed by atoms with van der Waals surface area (Å²) in [6.07, 6.45) is 2.99. The molecular weight excluding hydrogens is 278 g/mol. The quantitative estimate of drug-likeness (QED) is 0.923. The van der Waals surface area contributed by atoms with Crippen LogP contribution in [0.15, 0.2) is 28.9 Å². The molecule has 0 spiro atoms. The van der Waals surface area contributed by atoms with Crippen LogP contribution < -0.4 is 0 Å². The number of benzene rings is 1. The van der Waals surface area contributed by atoms with Crippen molar-refractivity contribution >= 4 is 36.7 Å². The first-order valence-electron chi connectivity index (χ1n) is 4.39. The lowest BCUT2D eigenvalue weighted by molar-refractivity contribution is 0.601. The molecule has 0 saturated heterocycles. The van der Waals surface area contributed by atoms with Crippen molar-refractivity contribution in [3.8, 4) is 0 Å². The zero-order valence-corrected chi connectivity index (χ0v) is 10.5. The van der Waals surface area contributed by atoms with Gasteiger partial charge in [0.25, 0.3) is 0 Å². The highest BCUT2D eigenvalue weighted by Crippen LogP contribution is 2.23. The number of halogens is 1. The Morgan fingerprint density at radius 2 is 2.13 bits per heavy atom. The molecule has 0 atom stereocenters. The van der Waals surface area contributed by atoms with E-state index in [1.165, 1.54) is 6.26 Å². The minimum absolute atomic E-state index is 0.0729. The standard InChI is InChI=1S/C10H10BrNO2S/c1-15(13,14)6-7-5-12-10-3-2-8(11)4-9(7)10/h2-5,12H,6H2,1H3. The Morgan fingerprint density at radius 3 is 2.80 bits per heavy atom. The van der Waals surface area contributed by atoms with E-state index in [1.54, 1.807) is 6.20 Å². The van der Waals surface area contributed by atoms with Gasteiger partial charge in [0.2, 0.25) is 0 Å². The van der Waals surface area contributed by atoms with Gasteiger partial charge in [-0.2, -0.15) is 0 Å². The minimum atomic E-state index is -2.99. The average molecular weight is 288 g/mol. The van der Waals surface area contributed by atoms with Crippen LogP contribution in [0.3, 0.4) is 0 Å². The van der Waals surface area contributed by atoms with E-state index in [1.807, 2.05) is 18.2 Å². The lowest BCUT2D eigenvalue weighted by Crippen LogP contribution is -1.99. The van der Waals surface area contributed by atoms with Gasteiger partial charge in [0.1, 0.15) is 0 Å². The van der Waals surface area contributed by atoms with Crippen molar-refractivity contribution in [2.75, 3.05) is 6.26 Å². The molecule has 0 aliphatic carbocycles. The SMILES string of the molecule is CS(=O)(=O)Cc1c[nH]c2ccc(Br)cc12. The summed E-state index contributed by atoms with van der Waals surface area (Å²) in [7, 11) is -2.99. The molecular formula is C10H10BrNO2S. The third-order valence-corrected chi connectivity index (χ3v) is 3.48. The first-order valence-corrected chi connectivity index (χ1v) is 7.24. The summed E-state index contributed by atoms with van der Waals surface area (Å²) in [6, 6.07) is 5.76. The van der Waals surface area contributed by atoms with Gasteiger partial charge in [-0.25, -0.2) is 8.42 Å². The monoisotopic (exact) mass is 287 g/mol. The fourth-order valence-corrected chi connectivity index (χ4v) is 2.72. The van der Waals surface area contributed by atoms with Crippen LogP contribution in [-0.4, -0.2) is 19.7 Å². The number of hydrogen-bond acceptors (Lipinski definition) is 2. The molecule has 0 radical (unpaired) electrons. The van der Waals surface area contributed by atoms with Crippen LogP contribution in [0.4, 0.5) is 0 Å². The van der Waals surface area contributed by atoms with Crippen molar-refractivity contribution in [1.29, 1.82) is 0 Å². The Hall–Kier alpha value is -0.810. The maximum Gasteiger partial charge on any atom is 0.151 e. The number of sulfone groups is 1. The third kappa shape index (κ3) is 2.41. The third-order valence-electron chi connectivity index (χ3n) is 2.15. The summed E-state index contributed by atoms with van der Waals surface area (Å²) >= 11 is 3.37. The first-order chi connectivity index (χ1) is 6.96. The molecule has 0 saturated carbocycles. The Labute approximate surface area is 96.5 Å². The highest BCUT2D eigenvalue weighted by atomic mass is 79.9. The molecule has 2 aromatic rings. The van der Waals surface area contributed by atoms with Crippen molar-refractivity contribution in [1.82, 2.24) is 4.98 Å². The molecule has 1 aromatic heterocycles.